The zero-order valence-electron chi connectivity index (χ0n) is 13.0. The van der Waals surface area contributed by atoms with Crippen molar-refractivity contribution in [2.24, 2.45) is 0 Å². The first-order valence-electron chi connectivity index (χ1n) is 7.19. The average molecular weight is 443 g/mol. The van der Waals surface area contributed by atoms with Crippen LogP contribution in [0.4, 0.5) is 11.4 Å². The first-order valence-corrected chi connectivity index (χ1v) is 8.27. The third kappa shape index (κ3) is 5.13. The van der Waals surface area contributed by atoms with Gasteiger partial charge in [0.15, 0.2) is 0 Å². The zero-order chi connectivity index (χ0) is 17.5. The number of hydroxylamine groups is 1. The summed E-state index contributed by atoms with van der Waals surface area (Å²) in [4.78, 5) is 21.1. The molecule has 1 heterocycles. The monoisotopic (exact) mass is 443 g/mol. The van der Waals surface area contributed by atoms with E-state index in [9.17, 15) is 9.90 Å². The Hall–Kier alpha value is -1.75. The lowest BCUT2D eigenvalue weighted by molar-refractivity contribution is -0.0295. The molecule has 0 spiro atoms. The molecule has 0 aliphatic heterocycles. The van der Waals surface area contributed by atoms with Gasteiger partial charge in [0.1, 0.15) is 12.7 Å². The standard InChI is InChI=1S/C16H18IN3O4/c1-10-6-11(17)2-3-14(10)19-15-7-18-5-4-13(15)16(23)20-24-9-12(22)8-21/h2-7,12,19,21-22H,8-9H2,1H3,(H,20,23)/t12-/m0/s1. The van der Waals surface area contributed by atoms with Crippen molar-refractivity contribution in [3.05, 3.63) is 51.4 Å². The van der Waals surface area contributed by atoms with E-state index in [0.717, 1.165) is 14.8 Å². The second-order valence-corrected chi connectivity index (χ2v) is 6.33. The van der Waals surface area contributed by atoms with Gasteiger partial charge in [-0.3, -0.25) is 14.6 Å². The number of halogens is 1. The van der Waals surface area contributed by atoms with Crippen LogP contribution in [0, 0.1) is 10.5 Å². The summed E-state index contributed by atoms with van der Waals surface area (Å²) in [5.41, 5.74) is 5.03. The Morgan fingerprint density at radius 3 is 2.88 bits per heavy atom. The van der Waals surface area contributed by atoms with Gasteiger partial charge in [0.05, 0.1) is 24.1 Å². The van der Waals surface area contributed by atoms with Crippen molar-refractivity contribution in [1.29, 1.82) is 0 Å². The van der Waals surface area contributed by atoms with Crippen LogP contribution in [0.5, 0.6) is 0 Å². The molecule has 24 heavy (non-hydrogen) atoms. The number of pyridine rings is 1. The zero-order valence-corrected chi connectivity index (χ0v) is 15.1. The second-order valence-electron chi connectivity index (χ2n) is 5.08. The van der Waals surface area contributed by atoms with E-state index in [1.807, 2.05) is 25.1 Å². The Morgan fingerprint density at radius 1 is 1.38 bits per heavy atom. The van der Waals surface area contributed by atoms with Crippen LogP contribution in [0.25, 0.3) is 0 Å². The smallest absolute Gasteiger partial charge is 0.277 e. The van der Waals surface area contributed by atoms with Crippen LogP contribution < -0.4 is 10.8 Å². The molecule has 7 nitrogen and oxygen atoms in total. The molecule has 2 rings (SSSR count). The van der Waals surface area contributed by atoms with Crippen LogP contribution in [0.3, 0.4) is 0 Å². The topological polar surface area (TPSA) is 104 Å². The number of aromatic nitrogens is 1. The molecule has 0 aliphatic carbocycles. The van der Waals surface area contributed by atoms with Crippen LogP contribution in [0.15, 0.2) is 36.7 Å². The Kier molecular flexibility index (Phi) is 6.91. The number of hydrogen-bond acceptors (Lipinski definition) is 6. The molecule has 1 amide bonds. The molecule has 0 radical (unpaired) electrons. The number of anilines is 2. The fourth-order valence-corrected chi connectivity index (χ4v) is 2.56. The molecule has 0 fully saturated rings. The van der Waals surface area contributed by atoms with E-state index >= 15 is 0 Å². The van der Waals surface area contributed by atoms with E-state index in [1.165, 1.54) is 6.20 Å². The third-order valence-corrected chi connectivity index (χ3v) is 3.85. The van der Waals surface area contributed by atoms with Gasteiger partial charge in [-0.05, 0) is 59.3 Å². The maximum Gasteiger partial charge on any atom is 0.277 e. The van der Waals surface area contributed by atoms with Gasteiger partial charge >= 0.3 is 0 Å². The van der Waals surface area contributed by atoms with Gasteiger partial charge in [-0.1, -0.05) is 0 Å². The van der Waals surface area contributed by atoms with Gasteiger partial charge in [-0.25, -0.2) is 5.48 Å². The molecule has 1 aromatic heterocycles. The summed E-state index contributed by atoms with van der Waals surface area (Å²) in [5, 5.41) is 21.1. The maximum atomic E-state index is 12.2. The van der Waals surface area contributed by atoms with E-state index < -0.39 is 18.6 Å². The summed E-state index contributed by atoms with van der Waals surface area (Å²) >= 11 is 2.23. The highest BCUT2D eigenvalue weighted by Gasteiger charge is 2.13. The van der Waals surface area contributed by atoms with Gasteiger partial charge in [0, 0.05) is 15.5 Å². The van der Waals surface area contributed by atoms with Crippen LogP contribution in [0.1, 0.15) is 15.9 Å². The number of hydrogen-bond donors (Lipinski definition) is 4. The van der Waals surface area contributed by atoms with Crippen molar-refractivity contribution in [1.82, 2.24) is 10.5 Å². The van der Waals surface area contributed by atoms with Crippen LogP contribution in [0.2, 0.25) is 0 Å². The Bertz CT molecular complexity index is 711. The maximum absolute atomic E-state index is 12.2. The molecular weight excluding hydrogens is 425 g/mol. The summed E-state index contributed by atoms with van der Waals surface area (Å²) < 4.78 is 1.12. The normalized spacial score (nSPS) is 11.8. The SMILES string of the molecule is Cc1cc(I)ccc1Nc1cnccc1C(=O)NOC[C@@H](O)CO. The quantitative estimate of drug-likeness (QED) is 0.384. The number of nitrogens with one attached hydrogen (secondary N) is 2. The highest BCUT2D eigenvalue weighted by molar-refractivity contribution is 14.1. The molecule has 0 aliphatic rings. The van der Waals surface area contributed by atoms with E-state index in [2.05, 4.69) is 38.4 Å². The summed E-state index contributed by atoms with van der Waals surface area (Å²) in [6, 6.07) is 7.48. The number of rotatable bonds is 7. The molecule has 0 unspecified atom stereocenters. The Morgan fingerprint density at radius 2 is 2.17 bits per heavy atom. The van der Waals surface area contributed by atoms with Crippen molar-refractivity contribution in [3.8, 4) is 0 Å². The van der Waals surface area contributed by atoms with Crippen molar-refractivity contribution >= 4 is 39.9 Å². The van der Waals surface area contributed by atoms with E-state index in [-0.39, 0.29) is 6.61 Å². The minimum Gasteiger partial charge on any atom is -0.394 e. The number of amides is 1. The third-order valence-electron chi connectivity index (χ3n) is 3.17. The molecule has 0 bridgehead atoms. The number of nitrogens with zero attached hydrogens (tertiary/aromatic N) is 1. The Balaban J connectivity index is 2.10. The van der Waals surface area contributed by atoms with Crippen LogP contribution in [-0.2, 0) is 4.84 Å². The highest BCUT2D eigenvalue weighted by Crippen LogP contribution is 2.24. The van der Waals surface area contributed by atoms with Gasteiger partial charge < -0.3 is 15.5 Å². The summed E-state index contributed by atoms with van der Waals surface area (Å²) in [5.74, 6) is -0.479. The fourth-order valence-electron chi connectivity index (χ4n) is 1.92. The van der Waals surface area contributed by atoms with Crippen molar-refractivity contribution in [2.45, 2.75) is 13.0 Å². The number of benzene rings is 1. The van der Waals surface area contributed by atoms with E-state index in [1.54, 1.807) is 12.3 Å². The van der Waals surface area contributed by atoms with Crippen molar-refractivity contribution in [2.75, 3.05) is 18.5 Å². The summed E-state index contributed by atoms with van der Waals surface area (Å²) in [6.45, 7) is 1.33. The predicted octanol–water partition coefficient (Wildman–Crippen LogP) is 1.75. The summed E-state index contributed by atoms with van der Waals surface area (Å²) in [7, 11) is 0. The molecule has 4 N–H and O–H groups in total. The largest absolute Gasteiger partial charge is 0.394 e. The minimum absolute atomic E-state index is 0.202. The average Bonchev–Trinajstić information content (AvgIpc) is 2.57. The number of carbonyl (C=O) groups excluding carboxylic acids is 1. The van der Waals surface area contributed by atoms with Gasteiger partial charge in [0.25, 0.3) is 5.91 Å². The predicted molar refractivity (Wildman–Crippen MR) is 97.9 cm³/mol. The lowest BCUT2D eigenvalue weighted by Crippen LogP contribution is -2.30. The van der Waals surface area contributed by atoms with Gasteiger partial charge in [-0.15, -0.1) is 0 Å². The first kappa shape index (κ1) is 18.6. The molecule has 1 atom stereocenters. The van der Waals surface area contributed by atoms with Gasteiger partial charge in [0.2, 0.25) is 0 Å². The molecule has 0 saturated carbocycles. The van der Waals surface area contributed by atoms with Crippen LogP contribution in [-0.4, -0.2) is 40.4 Å². The lowest BCUT2D eigenvalue weighted by atomic mass is 10.1. The number of aliphatic hydroxyl groups is 2. The number of aryl methyl sites for hydroxylation is 1. The minimum atomic E-state index is -1.05. The first-order chi connectivity index (χ1) is 11.5. The molecule has 128 valence electrons. The fraction of sp³-hybridized carbons (Fsp3) is 0.250. The molecule has 2 aromatic rings. The molecule has 8 heteroatoms. The summed E-state index contributed by atoms with van der Waals surface area (Å²) in [6.07, 6.45) is 2.01. The van der Waals surface area contributed by atoms with Crippen LogP contribution >= 0.6 is 22.6 Å². The van der Waals surface area contributed by atoms with E-state index in [0.29, 0.717) is 11.3 Å². The van der Waals surface area contributed by atoms with Gasteiger partial charge in [-0.2, -0.15) is 0 Å². The Labute approximate surface area is 153 Å². The van der Waals surface area contributed by atoms with E-state index in [4.69, 9.17) is 9.94 Å². The number of aliphatic hydroxyl groups excluding tert-OH is 2. The molecule has 0 saturated heterocycles. The highest BCUT2D eigenvalue weighted by atomic mass is 127. The molecule has 1 aromatic carbocycles. The van der Waals surface area contributed by atoms with Crippen molar-refractivity contribution < 1.29 is 19.8 Å². The second kappa shape index (κ2) is 8.92. The van der Waals surface area contributed by atoms with Crippen molar-refractivity contribution in [3.63, 3.8) is 0 Å². The number of carbonyl (C=O) groups is 1. The molecular formula is C16H18IN3O4. The lowest BCUT2D eigenvalue weighted by Gasteiger charge is -2.14.